The summed E-state index contributed by atoms with van der Waals surface area (Å²) in [5.41, 5.74) is -0.291. The molecule has 0 saturated carbocycles. The molecule has 0 atom stereocenters. The fraction of sp³-hybridized carbons (Fsp3) is 0.368. The van der Waals surface area contributed by atoms with Gasteiger partial charge in [0, 0.05) is 20.2 Å². The lowest BCUT2D eigenvalue weighted by Crippen LogP contribution is -2.42. The van der Waals surface area contributed by atoms with Gasteiger partial charge in [0.2, 0.25) is 5.91 Å². The van der Waals surface area contributed by atoms with E-state index in [0.717, 1.165) is 4.57 Å². The molecule has 29 heavy (non-hydrogen) atoms. The van der Waals surface area contributed by atoms with Crippen LogP contribution in [0.3, 0.4) is 0 Å². The van der Waals surface area contributed by atoms with Crippen LogP contribution in [0.1, 0.15) is 13.8 Å². The summed E-state index contributed by atoms with van der Waals surface area (Å²) >= 11 is 0. The Morgan fingerprint density at radius 1 is 1.14 bits per heavy atom. The van der Waals surface area contributed by atoms with Crippen molar-refractivity contribution in [3.05, 3.63) is 45.4 Å². The molecule has 10 heteroatoms. The Balaban J connectivity index is 1.94. The average molecular weight is 401 g/mol. The number of anilines is 1. The lowest BCUT2D eigenvalue weighted by molar-refractivity contribution is -0.116. The van der Waals surface area contributed by atoms with E-state index in [0.29, 0.717) is 30.4 Å². The van der Waals surface area contributed by atoms with Crippen LogP contribution < -0.4 is 26.0 Å². The fourth-order valence-electron chi connectivity index (χ4n) is 3.01. The summed E-state index contributed by atoms with van der Waals surface area (Å²) in [5.74, 6) is 0.489. The van der Waals surface area contributed by atoms with Gasteiger partial charge in [-0.1, -0.05) is 0 Å². The number of fused-ring (bicyclic) bond motifs is 1. The maximum absolute atomic E-state index is 12.7. The van der Waals surface area contributed by atoms with Crippen molar-refractivity contribution in [2.45, 2.75) is 20.4 Å². The quantitative estimate of drug-likeness (QED) is 0.629. The van der Waals surface area contributed by atoms with Gasteiger partial charge in [-0.3, -0.25) is 14.2 Å². The Labute approximate surface area is 166 Å². The van der Waals surface area contributed by atoms with Gasteiger partial charge >= 0.3 is 5.69 Å². The van der Waals surface area contributed by atoms with Crippen molar-refractivity contribution in [3.63, 3.8) is 0 Å². The second kappa shape index (κ2) is 8.21. The first kappa shape index (κ1) is 20.2. The lowest BCUT2D eigenvalue weighted by atomic mass is 10.2. The molecule has 2 heterocycles. The van der Waals surface area contributed by atoms with E-state index in [2.05, 4.69) is 10.3 Å². The summed E-state index contributed by atoms with van der Waals surface area (Å²) in [5, 5.41) is 2.70. The first-order valence-electron chi connectivity index (χ1n) is 9.17. The minimum absolute atomic E-state index is 0.244. The number of amides is 1. The molecule has 0 spiro atoms. The van der Waals surface area contributed by atoms with Crippen molar-refractivity contribution in [2.24, 2.45) is 14.1 Å². The SMILES string of the molecule is CCOc1ccc(OCC)c(NC(=O)Cn2c(=O)c3c(ncn3C)n(C)c2=O)c1. The van der Waals surface area contributed by atoms with Crippen molar-refractivity contribution in [1.29, 1.82) is 0 Å². The topological polar surface area (TPSA) is 109 Å². The number of ether oxygens (including phenoxy) is 2. The molecule has 0 unspecified atom stereocenters. The Morgan fingerprint density at radius 3 is 2.55 bits per heavy atom. The van der Waals surface area contributed by atoms with Crippen LogP contribution in [0.2, 0.25) is 0 Å². The van der Waals surface area contributed by atoms with Crippen LogP contribution in [0.15, 0.2) is 34.1 Å². The Bertz CT molecular complexity index is 1170. The molecule has 1 N–H and O–H groups in total. The molecule has 0 aliphatic rings. The highest BCUT2D eigenvalue weighted by molar-refractivity contribution is 5.92. The highest BCUT2D eigenvalue weighted by atomic mass is 16.5. The van der Waals surface area contributed by atoms with E-state index in [1.54, 1.807) is 25.2 Å². The van der Waals surface area contributed by atoms with Crippen molar-refractivity contribution < 1.29 is 14.3 Å². The minimum atomic E-state index is -0.621. The summed E-state index contributed by atoms with van der Waals surface area (Å²) in [7, 11) is 3.16. The van der Waals surface area contributed by atoms with Gasteiger partial charge in [0.05, 0.1) is 25.2 Å². The van der Waals surface area contributed by atoms with Gasteiger partial charge in [-0.2, -0.15) is 0 Å². The van der Waals surface area contributed by atoms with Gasteiger partial charge in [-0.25, -0.2) is 14.3 Å². The van der Waals surface area contributed by atoms with Gasteiger partial charge in [-0.05, 0) is 26.0 Å². The number of nitrogens with zero attached hydrogens (tertiary/aromatic N) is 4. The first-order chi connectivity index (χ1) is 13.9. The molecule has 2 aromatic heterocycles. The zero-order valence-electron chi connectivity index (χ0n) is 16.8. The van der Waals surface area contributed by atoms with Crippen molar-refractivity contribution in [3.8, 4) is 11.5 Å². The molecule has 3 rings (SSSR count). The van der Waals surface area contributed by atoms with Crippen molar-refractivity contribution in [1.82, 2.24) is 18.7 Å². The molecule has 0 radical (unpaired) electrons. The van der Waals surface area contributed by atoms with E-state index in [1.165, 1.54) is 22.5 Å². The third-order valence-electron chi connectivity index (χ3n) is 4.34. The highest BCUT2D eigenvalue weighted by Crippen LogP contribution is 2.29. The van der Waals surface area contributed by atoms with E-state index in [-0.39, 0.29) is 11.2 Å². The van der Waals surface area contributed by atoms with Crippen LogP contribution in [0.25, 0.3) is 11.2 Å². The monoisotopic (exact) mass is 401 g/mol. The molecule has 0 fully saturated rings. The predicted octanol–water partition coefficient (Wildman–Crippen LogP) is 0.870. The van der Waals surface area contributed by atoms with Gasteiger partial charge in [0.15, 0.2) is 11.2 Å². The normalized spacial score (nSPS) is 10.9. The average Bonchev–Trinajstić information content (AvgIpc) is 3.08. The van der Waals surface area contributed by atoms with Gasteiger partial charge in [-0.15, -0.1) is 0 Å². The molecular weight excluding hydrogens is 378 g/mol. The van der Waals surface area contributed by atoms with Gasteiger partial charge < -0.3 is 19.4 Å². The number of carbonyl (C=O) groups excluding carboxylic acids is 1. The number of aryl methyl sites for hydroxylation is 2. The molecule has 0 bridgehead atoms. The standard InChI is InChI=1S/C19H23N5O5/c1-5-28-12-7-8-14(29-6-2)13(9-12)21-15(25)10-24-18(26)16-17(20-11-22(16)3)23(4)19(24)27/h7-9,11H,5-6,10H2,1-4H3,(H,21,25). The van der Waals surface area contributed by atoms with E-state index < -0.39 is 23.7 Å². The van der Waals surface area contributed by atoms with Crippen LogP contribution in [-0.4, -0.2) is 37.8 Å². The maximum atomic E-state index is 12.7. The number of benzene rings is 1. The van der Waals surface area contributed by atoms with Gasteiger partial charge in [0.25, 0.3) is 5.56 Å². The van der Waals surface area contributed by atoms with Gasteiger partial charge in [0.1, 0.15) is 18.0 Å². The molecule has 1 aromatic carbocycles. The minimum Gasteiger partial charge on any atom is -0.494 e. The van der Waals surface area contributed by atoms with E-state index in [4.69, 9.17) is 9.47 Å². The Hall–Kier alpha value is -3.56. The van der Waals surface area contributed by atoms with Crippen molar-refractivity contribution >= 4 is 22.8 Å². The summed E-state index contributed by atoms with van der Waals surface area (Å²) in [6.07, 6.45) is 1.45. The number of rotatable bonds is 7. The van der Waals surface area contributed by atoms with E-state index >= 15 is 0 Å². The van der Waals surface area contributed by atoms with E-state index in [9.17, 15) is 14.4 Å². The zero-order valence-corrected chi connectivity index (χ0v) is 16.8. The molecule has 0 aliphatic carbocycles. The summed E-state index contributed by atoms with van der Waals surface area (Å²) < 4.78 is 14.6. The molecule has 0 saturated heterocycles. The second-order valence-electron chi connectivity index (χ2n) is 6.33. The van der Waals surface area contributed by atoms with Crippen LogP contribution >= 0.6 is 0 Å². The summed E-state index contributed by atoms with van der Waals surface area (Å²) in [6.45, 7) is 4.11. The zero-order chi connectivity index (χ0) is 21.1. The molecule has 0 aliphatic heterocycles. The van der Waals surface area contributed by atoms with Crippen LogP contribution in [0.4, 0.5) is 5.69 Å². The maximum Gasteiger partial charge on any atom is 0.332 e. The van der Waals surface area contributed by atoms with Crippen LogP contribution in [0, 0.1) is 0 Å². The number of hydrogen-bond donors (Lipinski definition) is 1. The Morgan fingerprint density at radius 2 is 1.86 bits per heavy atom. The number of imidazole rings is 1. The largest absolute Gasteiger partial charge is 0.494 e. The number of nitrogens with one attached hydrogen (secondary N) is 1. The molecule has 1 amide bonds. The third-order valence-corrected chi connectivity index (χ3v) is 4.34. The fourth-order valence-corrected chi connectivity index (χ4v) is 3.01. The van der Waals surface area contributed by atoms with Crippen molar-refractivity contribution in [2.75, 3.05) is 18.5 Å². The molecule has 10 nitrogen and oxygen atoms in total. The molecular formula is C19H23N5O5. The Kier molecular flexibility index (Phi) is 5.71. The third kappa shape index (κ3) is 3.86. The molecule has 154 valence electrons. The summed E-state index contributed by atoms with van der Waals surface area (Å²) in [4.78, 5) is 42.0. The van der Waals surface area contributed by atoms with E-state index in [1.807, 2.05) is 13.8 Å². The lowest BCUT2D eigenvalue weighted by Gasteiger charge is -2.14. The smallest absolute Gasteiger partial charge is 0.332 e. The highest BCUT2D eigenvalue weighted by Gasteiger charge is 2.18. The number of aromatic nitrogens is 4. The first-order valence-corrected chi connectivity index (χ1v) is 9.17. The second-order valence-corrected chi connectivity index (χ2v) is 6.33. The van der Waals surface area contributed by atoms with Crippen LogP contribution in [0.5, 0.6) is 11.5 Å². The van der Waals surface area contributed by atoms with Crippen LogP contribution in [-0.2, 0) is 25.4 Å². The number of hydrogen-bond acceptors (Lipinski definition) is 6. The molecule has 3 aromatic rings. The summed E-state index contributed by atoms with van der Waals surface area (Å²) in [6, 6.07) is 5.06. The predicted molar refractivity (Wildman–Crippen MR) is 108 cm³/mol. The number of carbonyl (C=O) groups is 1.